The molecule has 3 rings (SSSR count). The van der Waals surface area contributed by atoms with E-state index >= 15 is 0 Å². The van der Waals surface area contributed by atoms with Crippen LogP contribution in [0.15, 0.2) is 59.6 Å². The van der Waals surface area contributed by atoms with Gasteiger partial charge in [0.25, 0.3) is 0 Å². The highest BCUT2D eigenvalue weighted by molar-refractivity contribution is 7.98. The van der Waals surface area contributed by atoms with E-state index in [1.165, 1.54) is 16.0 Å². The number of hydrogen-bond donors (Lipinski definition) is 0. The summed E-state index contributed by atoms with van der Waals surface area (Å²) < 4.78 is 0. The van der Waals surface area contributed by atoms with Crippen molar-refractivity contribution in [2.75, 3.05) is 0 Å². The third kappa shape index (κ3) is 2.82. The third-order valence-corrected chi connectivity index (χ3v) is 4.78. The third-order valence-electron chi connectivity index (χ3n) is 3.22. The van der Waals surface area contributed by atoms with Crippen molar-refractivity contribution in [2.24, 2.45) is 0 Å². The number of rotatable bonds is 3. The van der Waals surface area contributed by atoms with Crippen molar-refractivity contribution in [3.05, 3.63) is 70.9 Å². The quantitative estimate of drug-likeness (QED) is 0.593. The van der Waals surface area contributed by atoms with Crippen LogP contribution in [0, 0.1) is 6.92 Å². The van der Waals surface area contributed by atoms with Gasteiger partial charge in [0, 0.05) is 22.2 Å². The molecule has 0 aliphatic rings. The predicted octanol–water partition coefficient (Wildman–Crippen LogP) is 5.49. The second-order valence-electron chi connectivity index (χ2n) is 4.70. The summed E-state index contributed by atoms with van der Waals surface area (Å²) in [4.78, 5) is 5.66. The van der Waals surface area contributed by atoms with Crippen LogP contribution in [0.1, 0.15) is 11.1 Å². The molecule has 3 heteroatoms. The Kier molecular flexibility index (Phi) is 3.95. The van der Waals surface area contributed by atoms with E-state index in [4.69, 9.17) is 11.6 Å². The van der Waals surface area contributed by atoms with Crippen LogP contribution >= 0.6 is 23.4 Å². The first-order valence-corrected chi connectivity index (χ1v) is 7.82. The lowest BCUT2D eigenvalue weighted by Crippen LogP contribution is -1.86. The van der Waals surface area contributed by atoms with Crippen molar-refractivity contribution < 1.29 is 0 Å². The summed E-state index contributed by atoms with van der Waals surface area (Å²) in [6.07, 6.45) is 1.76. The average Bonchev–Trinajstić information content (AvgIpc) is 2.47. The van der Waals surface area contributed by atoms with Crippen LogP contribution in [0.4, 0.5) is 0 Å². The molecule has 1 aromatic heterocycles. The van der Waals surface area contributed by atoms with Crippen LogP contribution in [0.25, 0.3) is 10.9 Å². The highest BCUT2D eigenvalue weighted by atomic mass is 35.5. The molecule has 1 heterocycles. The largest absolute Gasteiger partial charge is 0.256 e. The number of aryl methyl sites for hydroxylation is 1. The molecular weight excluding hydrogens is 286 g/mol. The van der Waals surface area contributed by atoms with E-state index in [9.17, 15) is 0 Å². The van der Waals surface area contributed by atoms with E-state index in [0.29, 0.717) is 0 Å². The van der Waals surface area contributed by atoms with E-state index in [-0.39, 0.29) is 0 Å². The zero-order valence-electron chi connectivity index (χ0n) is 11.1. The van der Waals surface area contributed by atoms with Crippen LogP contribution in [-0.4, -0.2) is 4.98 Å². The van der Waals surface area contributed by atoms with Crippen LogP contribution in [0.5, 0.6) is 0 Å². The molecule has 0 saturated carbocycles. The Labute approximate surface area is 128 Å². The van der Waals surface area contributed by atoms with Gasteiger partial charge in [-0.3, -0.25) is 4.98 Å². The molecule has 2 aromatic carbocycles. The Morgan fingerprint density at radius 2 is 1.90 bits per heavy atom. The maximum atomic E-state index is 6.21. The Bertz CT molecular complexity index is 741. The molecular formula is C17H14ClNS. The van der Waals surface area contributed by atoms with Crippen molar-refractivity contribution in [1.29, 1.82) is 0 Å². The van der Waals surface area contributed by atoms with Gasteiger partial charge >= 0.3 is 0 Å². The minimum Gasteiger partial charge on any atom is -0.256 e. The molecule has 0 aliphatic heterocycles. The van der Waals surface area contributed by atoms with Gasteiger partial charge in [0.1, 0.15) is 0 Å². The number of thioether (sulfide) groups is 1. The zero-order chi connectivity index (χ0) is 13.9. The molecule has 20 heavy (non-hydrogen) atoms. The van der Waals surface area contributed by atoms with E-state index < -0.39 is 0 Å². The summed E-state index contributed by atoms with van der Waals surface area (Å²) >= 11 is 8.05. The average molecular weight is 300 g/mol. The normalized spacial score (nSPS) is 10.9. The standard InChI is InChI=1S/C17H14ClNS/c1-12-9-14-15(18)7-8-19-16(14)10-17(12)20-11-13-5-3-2-4-6-13/h2-10H,11H2,1H3. The number of benzene rings is 2. The van der Waals surface area contributed by atoms with Gasteiger partial charge in [-0.2, -0.15) is 0 Å². The first-order valence-electron chi connectivity index (χ1n) is 6.45. The van der Waals surface area contributed by atoms with Gasteiger partial charge in [0.05, 0.1) is 10.5 Å². The fourth-order valence-corrected chi connectivity index (χ4v) is 3.34. The predicted molar refractivity (Wildman–Crippen MR) is 87.5 cm³/mol. The molecule has 100 valence electrons. The van der Waals surface area contributed by atoms with Gasteiger partial charge in [0.2, 0.25) is 0 Å². The molecule has 0 fully saturated rings. The van der Waals surface area contributed by atoms with E-state index in [1.807, 2.05) is 23.9 Å². The van der Waals surface area contributed by atoms with Crippen molar-refractivity contribution in [2.45, 2.75) is 17.6 Å². The number of hydrogen-bond acceptors (Lipinski definition) is 2. The maximum Gasteiger partial charge on any atom is 0.0728 e. The highest BCUT2D eigenvalue weighted by Gasteiger charge is 2.06. The van der Waals surface area contributed by atoms with Crippen LogP contribution in [-0.2, 0) is 5.75 Å². The van der Waals surface area contributed by atoms with Crippen molar-refractivity contribution in [3.8, 4) is 0 Å². The van der Waals surface area contributed by atoms with Crippen molar-refractivity contribution in [3.63, 3.8) is 0 Å². The summed E-state index contributed by atoms with van der Waals surface area (Å²) in [5.41, 5.74) is 3.53. The summed E-state index contributed by atoms with van der Waals surface area (Å²) in [5.74, 6) is 0.966. The maximum absolute atomic E-state index is 6.21. The molecule has 0 amide bonds. The Morgan fingerprint density at radius 3 is 2.70 bits per heavy atom. The van der Waals surface area contributed by atoms with E-state index in [2.05, 4.69) is 48.3 Å². The lowest BCUT2D eigenvalue weighted by Gasteiger charge is -2.08. The number of fused-ring (bicyclic) bond motifs is 1. The van der Waals surface area contributed by atoms with Crippen LogP contribution in [0.2, 0.25) is 5.02 Å². The lowest BCUT2D eigenvalue weighted by molar-refractivity contribution is 1.29. The summed E-state index contributed by atoms with van der Waals surface area (Å²) in [6.45, 7) is 2.12. The van der Waals surface area contributed by atoms with Gasteiger partial charge in [0.15, 0.2) is 0 Å². The summed E-state index contributed by atoms with van der Waals surface area (Å²) in [7, 11) is 0. The van der Waals surface area contributed by atoms with E-state index in [0.717, 1.165) is 21.7 Å². The monoisotopic (exact) mass is 299 g/mol. The molecule has 0 N–H and O–H groups in total. The van der Waals surface area contributed by atoms with Crippen LogP contribution < -0.4 is 0 Å². The minimum atomic E-state index is 0.762. The van der Waals surface area contributed by atoms with Gasteiger partial charge in [-0.15, -0.1) is 11.8 Å². The van der Waals surface area contributed by atoms with Gasteiger partial charge in [-0.1, -0.05) is 41.9 Å². The highest BCUT2D eigenvalue weighted by Crippen LogP contribution is 2.31. The fourth-order valence-electron chi connectivity index (χ4n) is 2.14. The Balaban J connectivity index is 1.90. The van der Waals surface area contributed by atoms with Gasteiger partial charge < -0.3 is 0 Å². The molecule has 0 spiro atoms. The Hall–Kier alpha value is -1.51. The van der Waals surface area contributed by atoms with Crippen LogP contribution in [0.3, 0.4) is 0 Å². The SMILES string of the molecule is Cc1cc2c(Cl)ccnc2cc1SCc1ccccc1. The number of aromatic nitrogens is 1. The second-order valence-corrected chi connectivity index (χ2v) is 6.13. The smallest absolute Gasteiger partial charge is 0.0728 e. The molecule has 3 aromatic rings. The molecule has 0 radical (unpaired) electrons. The van der Waals surface area contributed by atoms with Crippen molar-refractivity contribution >= 4 is 34.3 Å². The molecule has 0 unspecified atom stereocenters. The summed E-state index contributed by atoms with van der Waals surface area (Å²) in [5, 5.41) is 1.79. The molecule has 0 atom stereocenters. The fraction of sp³-hybridized carbons (Fsp3) is 0.118. The molecule has 1 nitrogen and oxygen atoms in total. The lowest BCUT2D eigenvalue weighted by atomic mass is 10.1. The number of pyridine rings is 1. The minimum absolute atomic E-state index is 0.762. The second kappa shape index (κ2) is 5.86. The number of nitrogens with zero attached hydrogens (tertiary/aromatic N) is 1. The first-order chi connectivity index (χ1) is 9.74. The topological polar surface area (TPSA) is 12.9 Å². The zero-order valence-corrected chi connectivity index (χ0v) is 12.7. The summed E-state index contributed by atoms with van der Waals surface area (Å²) in [6, 6.07) is 16.6. The molecule has 0 bridgehead atoms. The van der Waals surface area contributed by atoms with E-state index in [1.54, 1.807) is 6.20 Å². The molecule has 0 aliphatic carbocycles. The van der Waals surface area contributed by atoms with Gasteiger partial charge in [-0.25, -0.2) is 0 Å². The Morgan fingerprint density at radius 1 is 1.10 bits per heavy atom. The number of halogens is 1. The van der Waals surface area contributed by atoms with Gasteiger partial charge in [-0.05, 0) is 36.2 Å². The molecule has 0 saturated heterocycles. The first kappa shape index (κ1) is 13.5. The van der Waals surface area contributed by atoms with Crippen molar-refractivity contribution in [1.82, 2.24) is 4.98 Å².